The van der Waals surface area contributed by atoms with Gasteiger partial charge < -0.3 is 29.6 Å². The third-order valence-corrected chi connectivity index (χ3v) is 6.70. The minimum Gasteiger partial charge on any atom is -0.493 e. The highest BCUT2D eigenvalue weighted by Gasteiger charge is 2.40. The van der Waals surface area contributed by atoms with E-state index < -0.39 is 49.8 Å². The normalized spacial score (nSPS) is 22.5. The van der Waals surface area contributed by atoms with E-state index in [0.29, 0.717) is 6.29 Å². The number of aldehydes is 1. The summed E-state index contributed by atoms with van der Waals surface area (Å²) in [4.78, 5) is 38.6. The first kappa shape index (κ1) is 25.4. The summed E-state index contributed by atoms with van der Waals surface area (Å²) in [7, 11) is -2.96. The zero-order valence-electron chi connectivity index (χ0n) is 18.4. The molecule has 2 heterocycles. The summed E-state index contributed by atoms with van der Waals surface area (Å²) < 4.78 is 36.1. The van der Waals surface area contributed by atoms with E-state index in [1.807, 2.05) is 0 Å². The number of hydrogen-bond donors (Lipinski definition) is 3. The Labute approximate surface area is 194 Å². The zero-order valence-corrected chi connectivity index (χ0v) is 19.3. The van der Waals surface area contributed by atoms with Crippen LogP contribution in [0.2, 0.25) is 0 Å². The number of esters is 1. The van der Waals surface area contributed by atoms with Crippen molar-refractivity contribution in [1.82, 2.24) is 14.6 Å². The summed E-state index contributed by atoms with van der Waals surface area (Å²) in [6.45, 7) is 1.06. The maximum Gasteiger partial charge on any atom is 0.459 e. The van der Waals surface area contributed by atoms with Crippen molar-refractivity contribution in [3.8, 4) is 11.6 Å². The minimum atomic E-state index is -4.14. The lowest BCUT2D eigenvalue weighted by Gasteiger charge is -2.24. The fourth-order valence-electron chi connectivity index (χ4n) is 3.32. The van der Waals surface area contributed by atoms with Crippen molar-refractivity contribution in [3.63, 3.8) is 0 Å². The van der Waals surface area contributed by atoms with Crippen molar-refractivity contribution < 1.29 is 42.6 Å². The van der Waals surface area contributed by atoms with E-state index in [0.717, 1.165) is 10.9 Å². The smallest absolute Gasteiger partial charge is 0.459 e. The number of primary amides is 1. The molecular weight excluding hydrogens is 471 g/mol. The average Bonchev–Trinajstić information content (AvgIpc) is 3.40. The van der Waals surface area contributed by atoms with Crippen LogP contribution in [0.15, 0.2) is 36.7 Å². The van der Waals surface area contributed by atoms with Crippen LogP contribution in [0.5, 0.6) is 11.6 Å². The highest BCUT2D eigenvalue weighted by molar-refractivity contribution is 7.52. The number of aromatic hydroxyl groups is 1. The summed E-state index contributed by atoms with van der Waals surface area (Å²) in [6.07, 6.45) is 0.179. The Morgan fingerprint density at radius 3 is 2.71 bits per heavy atom. The molecule has 1 aromatic carbocycles. The van der Waals surface area contributed by atoms with Gasteiger partial charge in [0.25, 0.3) is 5.91 Å². The molecule has 0 bridgehead atoms. The summed E-state index contributed by atoms with van der Waals surface area (Å²) in [6, 6.07) is 7.13. The van der Waals surface area contributed by atoms with E-state index in [4.69, 9.17) is 19.5 Å². The number of carbonyl (C=O) groups is 3. The van der Waals surface area contributed by atoms with Gasteiger partial charge in [-0.3, -0.25) is 18.7 Å². The van der Waals surface area contributed by atoms with Gasteiger partial charge in [0.1, 0.15) is 30.6 Å². The molecule has 0 radical (unpaired) electrons. The van der Waals surface area contributed by atoms with Crippen molar-refractivity contribution in [3.05, 3.63) is 42.4 Å². The number of para-hydroxylation sites is 1. The van der Waals surface area contributed by atoms with Gasteiger partial charge in [-0.25, -0.2) is 9.55 Å². The molecule has 0 aliphatic carbocycles. The Morgan fingerprint density at radius 1 is 1.41 bits per heavy atom. The van der Waals surface area contributed by atoms with Crippen molar-refractivity contribution in [2.75, 3.05) is 13.7 Å². The number of hydrogen-bond acceptors (Lipinski definition) is 10. The fourth-order valence-corrected chi connectivity index (χ4v) is 4.82. The van der Waals surface area contributed by atoms with Crippen molar-refractivity contribution in [2.45, 2.75) is 31.7 Å². The summed E-state index contributed by atoms with van der Waals surface area (Å²) in [5.74, 6) is -2.60. The van der Waals surface area contributed by atoms with Gasteiger partial charge >= 0.3 is 13.7 Å². The number of rotatable bonds is 11. The SMILES string of the molecule is COC(=O)[C@H](C)NP(=O)(OC[C@H]1O[C@@H](n2cnc(C(N)=O)c2O)CC1C=O)Oc1ccccc1. The average molecular weight is 496 g/mol. The van der Waals surface area contributed by atoms with Crippen LogP contribution >= 0.6 is 7.75 Å². The van der Waals surface area contributed by atoms with Crippen molar-refractivity contribution >= 4 is 25.9 Å². The molecule has 1 aromatic heterocycles. The topological polar surface area (TPSA) is 181 Å². The number of methoxy groups -OCH3 is 1. The fraction of sp³-hybridized carbons (Fsp3) is 0.400. The minimum absolute atomic E-state index is 0.121. The van der Waals surface area contributed by atoms with Gasteiger partial charge in [-0.1, -0.05) is 18.2 Å². The van der Waals surface area contributed by atoms with E-state index in [1.54, 1.807) is 30.3 Å². The Balaban J connectivity index is 1.75. The van der Waals surface area contributed by atoms with Crippen molar-refractivity contribution in [1.29, 1.82) is 0 Å². The summed E-state index contributed by atoms with van der Waals surface area (Å²) in [5.41, 5.74) is 4.82. The van der Waals surface area contributed by atoms with Gasteiger partial charge in [0, 0.05) is 12.3 Å². The van der Waals surface area contributed by atoms with Crippen LogP contribution in [-0.2, 0) is 28.2 Å². The first-order chi connectivity index (χ1) is 16.2. The lowest BCUT2D eigenvalue weighted by atomic mass is 10.0. The second-order valence-electron chi connectivity index (χ2n) is 7.42. The van der Waals surface area contributed by atoms with Crippen LogP contribution in [-0.4, -0.2) is 58.7 Å². The van der Waals surface area contributed by atoms with Gasteiger partial charge in [0.05, 0.1) is 19.8 Å². The molecule has 13 nitrogen and oxygen atoms in total. The number of nitrogens with one attached hydrogen (secondary N) is 1. The molecule has 184 valence electrons. The Kier molecular flexibility index (Phi) is 8.05. The maximum absolute atomic E-state index is 13.4. The van der Waals surface area contributed by atoms with Gasteiger partial charge in [0.15, 0.2) is 5.69 Å². The van der Waals surface area contributed by atoms with E-state index in [-0.39, 0.29) is 24.5 Å². The molecule has 14 heteroatoms. The standard InChI is InChI=1S/C20H25N4O9P/c1-12(20(28)30-2)23-34(29,33-14-6-4-3-5-7-14)31-10-15-13(9-25)8-16(32-15)24-11-22-17(18(21)26)19(24)27/h3-7,9,11-13,15-16,27H,8,10H2,1-2H3,(H2,21,26)(H,23,29)/t12-,13?,15+,16+,34?/m0/s1. The number of nitrogens with zero attached hydrogens (tertiary/aromatic N) is 2. The summed E-state index contributed by atoms with van der Waals surface area (Å²) >= 11 is 0. The first-order valence-electron chi connectivity index (χ1n) is 10.2. The quantitative estimate of drug-likeness (QED) is 0.230. The molecule has 1 amide bonds. The third kappa shape index (κ3) is 5.81. The number of aromatic nitrogens is 2. The molecule has 2 unspecified atom stereocenters. The van der Waals surface area contributed by atoms with E-state index in [2.05, 4.69) is 14.8 Å². The van der Waals surface area contributed by atoms with Crippen molar-refractivity contribution in [2.24, 2.45) is 11.7 Å². The molecule has 3 rings (SSSR count). The number of amides is 1. The largest absolute Gasteiger partial charge is 0.493 e. The molecule has 4 N–H and O–H groups in total. The lowest BCUT2D eigenvalue weighted by Crippen LogP contribution is -2.35. The second-order valence-corrected chi connectivity index (χ2v) is 9.12. The lowest BCUT2D eigenvalue weighted by molar-refractivity contribution is -0.142. The molecule has 1 saturated heterocycles. The second kappa shape index (κ2) is 10.8. The number of nitrogens with two attached hydrogens (primary N) is 1. The van der Waals surface area contributed by atoms with Crippen LogP contribution in [0.25, 0.3) is 0 Å². The van der Waals surface area contributed by atoms with Crippen LogP contribution in [0.1, 0.15) is 30.1 Å². The summed E-state index contributed by atoms with van der Waals surface area (Å²) in [5, 5.41) is 12.7. The Hall–Kier alpha value is -3.25. The van der Waals surface area contributed by atoms with Gasteiger partial charge in [-0.2, -0.15) is 5.09 Å². The van der Waals surface area contributed by atoms with Crippen LogP contribution in [0, 0.1) is 5.92 Å². The highest BCUT2D eigenvalue weighted by Crippen LogP contribution is 2.46. The number of ether oxygens (including phenoxy) is 2. The van der Waals surface area contributed by atoms with E-state index in [1.165, 1.54) is 14.0 Å². The maximum atomic E-state index is 13.4. The molecule has 1 fully saturated rings. The van der Waals surface area contributed by atoms with E-state index >= 15 is 0 Å². The first-order valence-corrected chi connectivity index (χ1v) is 11.7. The zero-order chi connectivity index (χ0) is 24.9. The van der Waals surface area contributed by atoms with Gasteiger partial charge in [0.2, 0.25) is 5.88 Å². The molecule has 5 atom stereocenters. The van der Waals surface area contributed by atoms with E-state index in [9.17, 15) is 24.1 Å². The van der Waals surface area contributed by atoms with Gasteiger partial charge in [-0.15, -0.1) is 0 Å². The third-order valence-electron chi connectivity index (χ3n) is 5.05. The molecule has 1 aliphatic rings. The molecule has 1 aliphatic heterocycles. The number of imidazole rings is 1. The predicted molar refractivity (Wildman–Crippen MR) is 116 cm³/mol. The van der Waals surface area contributed by atoms with Crippen LogP contribution < -0.4 is 15.3 Å². The van der Waals surface area contributed by atoms with Gasteiger partial charge in [-0.05, 0) is 19.1 Å². The molecule has 0 saturated carbocycles. The number of carbonyl (C=O) groups excluding carboxylic acids is 3. The number of benzene rings is 1. The van der Waals surface area contributed by atoms with Crippen LogP contribution in [0.3, 0.4) is 0 Å². The van der Waals surface area contributed by atoms with Crippen LogP contribution in [0.4, 0.5) is 0 Å². The molecular formula is C20H25N4O9P. The molecule has 2 aromatic rings. The Bertz CT molecular complexity index is 1080. The Morgan fingerprint density at radius 2 is 2.12 bits per heavy atom. The molecule has 34 heavy (non-hydrogen) atoms. The molecule has 0 spiro atoms. The predicted octanol–water partition coefficient (Wildman–Crippen LogP) is 1.14. The monoisotopic (exact) mass is 496 g/mol. The highest BCUT2D eigenvalue weighted by atomic mass is 31.2.